The number of hydrogen-bond acceptors (Lipinski definition) is 1. The molecule has 0 spiro atoms. The van der Waals surface area contributed by atoms with Gasteiger partial charge >= 0.3 is 0 Å². The summed E-state index contributed by atoms with van der Waals surface area (Å²) in [5, 5.41) is 2.83. The Morgan fingerprint density at radius 1 is 0.531 bits per heavy atom. The van der Waals surface area contributed by atoms with Crippen molar-refractivity contribution in [3.05, 3.63) is 126 Å². The molecule has 5 aromatic carbocycles. The average Bonchev–Trinajstić information content (AvgIpc) is 2.86. The van der Waals surface area contributed by atoms with Gasteiger partial charge in [-0.05, 0) is 45.5 Å². The summed E-state index contributed by atoms with van der Waals surface area (Å²) in [6, 6.07) is 39.6. The van der Waals surface area contributed by atoms with E-state index in [2.05, 4.69) is 121 Å². The fourth-order valence-corrected chi connectivity index (χ4v) is 5.18. The van der Waals surface area contributed by atoms with Gasteiger partial charge in [-0.2, -0.15) is 0 Å². The lowest BCUT2D eigenvalue weighted by molar-refractivity contribution is 0.790. The van der Waals surface area contributed by atoms with Crippen LogP contribution in [0.2, 0.25) is 0 Å². The van der Waals surface area contributed by atoms with Crippen LogP contribution in [0.3, 0.4) is 0 Å². The molecule has 1 heterocycles. The molecule has 0 atom stereocenters. The first-order valence-corrected chi connectivity index (χ1v) is 11.3. The Hall–Kier alpha value is -3.84. The van der Waals surface area contributed by atoms with Crippen LogP contribution in [0.5, 0.6) is 0 Å². The van der Waals surface area contributed by atoms with E-state index in [1.165, 1.54) is 55.4 Å². The highest BCUT2D eigenvalue weighted by atomic mass is 15.1. The Morgan fingerprint density at radius 2 is 1.09 bits per heavy atom. The molecule has 0 saturated heterocycles. The molecule has 6 rings (SSSR count). The van der Waals surface area contributed by atoms with Gasteiger partial charge in [0.1, 0.15) is 0 Å². The van der Waals surface area contributed by atoms with Crippen molar-refractivity contribution in [2.45, 2.75) is 20.0 Å². The second-order valence-corrected chi connectivity index (χ2v) is 8.67. The molecule has 0 aliphatic carbocycles. The summed E-state index contributed by atoms with van der Waals surface area (Å²) in [5.41, 5.74) is 10.6. The minimum atomic E-state index is 0.914. The number of rotatable bonds is 3. The molecule has 0 aromatic heterocycles. The van der Waals surface area contributed by atoms with Crippen molar-refractivity contribution in [3.63, 3.8) is 0 Å². The Morgan fingerprint density at radius 3 is 1.72 bits per heavy atom. The molecule has 0 radical (unpaired) electrons. The number of benzene rings is 5. The van der Waals surface area contributed by atoms with Crippen molar-refractivity contribution in [3.8, 4) is 22.3 Å². The molecular formula is C31H25N. The molecule has 0 unspecified atom stereocenters. The van der Waals surface area contributed by atoms with Crippen LogP contribution in [0.4, 0.5) is 5.69 Å². The lowest BCUT2D eigenvalue weighted by Crippen LogP contribution is -2.27. The molecule has 5 aromatic rings. The number of anilines is 1. The highest BCUT2D eigenvalue weighted by Gasteiger charge is 2.24. The second kappa shape index (κ2) is 7.69. The van der Waals surface area contributed by atoms with Gasteiger partial charge in [0.05, 0.1) is 5.69 Å². The number of nitrogens with zero attached hydrogens (tertiary/aromatic N) is 1. The topological polar surface area (TPSA) is 3.24 Å². The highest BCUT2D eigenvalue weighted by molar-refractivity contribution is 5.95. The monoisotopic (exact) mass is 411 g/mol. The zero-order valence-electron chi connectivity index (χ0n) is 18.3. The van der Waals surface area contributed by atoms with Crippen LogP contribution < -0.4 is 4.90 Å². The van der Waals surface area contributed by atoms with E-state index in [1.807, 2.05) is 0 Å². The van der Waals surface area contributed by atoms with Gasteiger partial charge in [0, 0.05) is 24.2 Å². The van der Waals surface area contributed by atoms with E-state index in [0.29, 0.717) is 0 Å². The third-order valence-corrected chi connectivity index (χ3v) is 6.68. The van der Waals surface area contributed by atoms with Gasteiger partial charge in [-0.15, -0.1) is 0 Å². The Balaban J connectivity index is 1.57. The molecule has 154 valence electrons. The number of hydrogen-bond donors (Lipinski definition) is 0. The van der Waals surface area contributed by atoms with Gasteiger partial charge in [0.25, 0.3) is 0 Å². The summed E-state index contributed by atoms with van der Waals surface area (Å²) in [6.07, 6.45) is 0. The molecule has 0 N–H and O–H groups in total. The number of para-hydroxylation sites is 1. The van der Waals surface area contributed by atoms with Crippen molar-refractivity contribution in [1.82, 2.24) is 0 Å². The fraction of sp³-hybridized carbons (Fsp3) is 0.0968. The molecule has 32 heavy (non-hydrogen) atoms. The van der Waals surface area contributed by atoms with Gasteiger partial charge in [0.15, 0.2) is 0 Å². The molecule has 1 nitrogen and oxygen atoms in total. The third-order valence-electron chi connectivity index (χ3n) is 6.68. The fourth-order valence-electron chi connectivity index (χ4n) is 5.18. The molecule has 1 heteroatoms. The standard InChI is InChI=1S/C31H25N/c1-22-18-19-26-21-32(20-25-14-8-15-27(22)30(25)26)31-28(23-10-4-2-5-11-23)16-9-17-29(31)24-12-6-3-7-13-24/h2-19H,20-21H2,1H3. The average molecular weight is 412 g/mol. The summed E-state index contributed by atoms with van der Waals surface area (Å²) >= 11 is 0. The molecule has 0 fully saturated rings. The predicted octanol–water partition coefficient (Wildman–Crippen LogP) is 8.00. The number of aryl methyl sites for hydroxylation is 1. The molecule has 0 amide bonds. The van der Waals surface area contributed by atoms with Crippen LogP contribution in [0.25, 0.3) is 33.0 Å². The van der Waals surface area contributed by atoms with Crippen LogP contribution >= 0.6 is 0 Å². The first-order chi connectivity index (χ1) is 15.8. The van der Waals surface area contributed by atoms with Gasteiger partial charge in [-0.1, -0.05) is 109 Å². The highest BCUT2D eigenvalue weighted by Crippen LogP contribution is 2.43. The zero-order valence-corrected chi connectivity index (χ0v) is 18.3. The van der Waals surface area contributed by atoms with Crippen molar-refractivity contribution in [1.29, 1.82) is 0 Å². The lowest BCUT2D eigenvalue weighted by Gasteiger charge is -2.34. The molecule has 1 aliphatic heterocycles. The van der Waals surface area contributed by atoms with Crippen LogP contribution in [0.15, 0.2) is 109 Å². The molecule has 0 saturated carbocycles. The van der Waals surface area contributed by atoms with Crippen molar-refractivity contribution < 1.29 is 0 Å². The van der Waals surface area contributed by atoms with Crippen molar-refractivity contribution in [2.24, 2.45) is 0 Å². The molecule has 0 bridgehead atoms. The smallest absolute Gasteiger partial charge is 0.0531 e. The van der Waals surface area contributed by atoms with E-state index in [1.54, 1.807) is 0 Å². The lowest BCUT2D eigenvalue weighted by atomic mass is 9.90. The maximum absolute atomic E-state index is 2.57. The maximum Gasteiger partial charge on any atom is 0.0531 e. The van der Waals surface area contributed by atoms with E-state index < -0.39 is 0 Å². The van der Waals surface area contributed by atoms with Crippen molar-refractivity contribution in [2.75, 3.05) is 4.90 Å². The third kappa shape index (κ3) is 3.09. The normalized spacial score (nSPS) is 12.8. The molecule has 1 aliphatic rings. The summed E-state index contributed by atoms with van der Waals surface area (Å²) in [5.74, 6) is 0. The Bertz CT molecular complexity index is 1350. The SMILES string of the molecule is Cc1ccc2c3c(cccc13)CN(c1c(-c3ccccc3)cccc1-c1ccccc1)C2. The van der Waals surface area contributed by atoms with Gasteiger partial charge < -0.3 is 4.90 Å². The first kappa shape index (κ1) is 18.9. The van der Waals surface area contributed by atoms with Gasteiger partial charge in [-0.3, -0.25) is 0 Å². The second-order valence-electron chi connectivity index (χ2n) is 8.67. The van der Waals surface area contributed by atoms with E-state index in [4.69, 9.17) is 0 Å². The maximum atomic E-state index is 2.57. The zero-order chi connectivity index (χ0) is 21.5. The van der Waals surface area contributed by atoms with Gasteiger partial charge in [0.2, 0.25) is 0 Å². The predicted molar refractivity (Wildman–Crippen MR) is 136 cm³/mol. The quantitative estimate of drug-likeness (QED) is 0.291. The minimum Gasteiger partial charge on any atom is -0.362 e. The Labute approximate surface area is 189 Å². The van der Waals surface area contributed by atoms with Crippen LogP contribution in [0.1, 0.15) is 16.7 Å². The van der Waals surface area contributed by atoms with E-state index >= 15 is 0 Å². The van der Waals surface area contributed by atoms with Crippen LogP contribution in [0, 0.1) is 6.92 Å². The van der Waals surface area contributed by atoms with Gasteiger partial charge in [-0.25, -0.2) is 0 Å². The van der Waals surface area contributed by atoms with E-state index in [-0.39, 0.29) is 0 Å². The van der Waals surface area contributed by atoms with Crippen LogP contribution in [-0.2, 0) is 13.1 Å². The van der Waals surface area contributed by atoms with E-state index in [0.717, 1.165) is 13.1 Å². The summed E-state index contributed by atoms with van der Waals surface area (Å²) < 4.78 is 0. The van der Waals surface area contributed by atoms with Crippen molar-refractivity contribution >= 4 is 16.5 Å². The minimum absolute atomic E-state index is 0.914. The van der Waals surface area contributed by atoms with E-state index in [9.17, 15) is 0 Å². The Kier molecular flexibility index (Phi) is 4.54. The molecular weight excluding hydrogens is 386 g/mol. The summed E-state index contributed by atoms with van der Waals surface area (Å²) in [7, 11) is 0. The summed E-state index contributed by atoms with van der Waals surface area (Å²) in [4.78, 5) is 2.57. The largest absolute Gasteiger partial charge is 0.362 e. The first-order valence-electron chi connectivity index (χ1n) is 11.3. The van der Waals surface area contributed by atoms with Crippen LogP contribution in [-0.4, -0.2) is 0 Å². The summed E-state index contributed by atoms with van der Waals surface area (Å²) in [6.45, 7) is 4.04.